The van der Waals surface area contributed by atoms with E-state index < -0.39 is 11.5 Å². The lowest BCUT2D eigenvalue weighted by Crippen LogP contribution is -2.35. The molecule has 0 fully saturated rings. The fourth-order valence-corrected chi connectivity index (χ4v) is 1.31. The van der Waals surface area contributed by atoms with Crippen LogP contribution in [0.2, 0.25) is 0 Å². The molecule has 0 saturated carbocycles. The number of carbonyl (C=O) groups excluding carboxylic acids is 1. The first kappa shape index (κ1) is 11.9. The Morgan fingerprint density at radius 3 is 2.62 bits per heavy atom. The number of H-pyrrole nitrogens is 1. The Kier molecular flexibility index (Phi) is 3.41. The van der Waals surface area contributed by atoms with E-state index in [1.165, 1.54) is 6.07 Å². The minimum absolute atomic E-state index is 0.0777. The quantitative estimate of drug-likeness (QED) is 0.221. The molecule has 1 heterocycles. The van der Waals surface area contributed by atoms with Crippen molar-refractivity contribution in [1.29, 1.82) is 0 Å². The monoisotopic (exact) mass is 223 g/mol. The van der Waals surface area contributed by atoms with Gasteiger partial charge in [0.25, 0.3) is 11.5 Å². The highest BCUT2D eigenvalue weighted by Crippen LogP contribution is 2.06. The molecule has 0 aliphatic heterocycles. The van der Waals surface area contributed by atoms with Crippen LogP contribution in [0.3, 0.4) is 0 Å². The fraction of sp³-hybridized carbons (Fsp3) is 0.222. The van der Waals surface area contributed by atoms with E-state index in [1.54, 1.807) is 13.8 Å². The molecule has 1 amide bonds. The summed E-state index contributed by atoms with van der Waals surface area (Å²) in [6, 6.07) is 1.40. The maximum Gasteiger partial charge on any atom is 0.270 e. The van der Waals surface area contributed by atoms with Gasteiger partial charge in [0.05, 0.1) is 5.71 Å². The Morgan fingerprint density at radius 1 is 1.50 bits per heavy atom. The van der Waals surface area contributed by atoms with Crippen LogP contribution in [0.5, 0.6) is 0 Å². The number of carbonyl (C=O) groups is 1. The summed E-state index contributed by atoms with van der Waals surface area (Å²) in [5.41, 5.74) is 3.01. The molecule has 1 aromatic rings. The van der Waals surface area contributed by atoms with Crippen molar-refractivity contribution < 1.29 is 4.79 Å². The van der Waals surface area contributed by atoms with Gasteiger partial charge in [0.2, 0.25) is 0 Å². The first-order valence-corrected chi connectivity index (χ1v) is 4.51. The van der Waals surface area contributed by atoms with E-state index in [4.69, 9.17) is 11.7 Å². The zero-order chi connectivity index (χ0) is 12.3. The number of amides is 1. The van der Waals surface area contributed by atoms with E-state index in [0.29, 0.717) is 17.0 Å². The number of nitrogens with one attached hydrogen (secondary N) is 2. The van der Waals surface area contributed by atoms with Crippen molar-refractivity contribution >= 4 is 11.6 Å². The molecule has 0 aliphatic rings. The Hall–Kier alpha value is -2.15. The number of hydrogen-bond donors (Lipinski definition) is 4. The zero-order valence-electron chi connectivity index (χ0n) is 9.00. The number of hydrazone groups is 1. The van der Waals surface area contributed by atoms with Crippen LogP contribution >= 0.6 is 0 Å². The number of nitrogens with zero attached hydrogens (tertiary/aromatic N) is 1. The van der Waals surface area contributed by atoms with Crippen LogP contribution in [0.15, 0.2) is 16.0 Å². The summed E-state index contributed by atoms with van der Waals surface area (Å²) in [7, 11) is 0. The number of pyridine rings is 1. The Labute approximate surface area is 91.5 Å². The summed E-state index contributed by atoms with van der Waals surface area (Å²) in [4.78, 5) is 25.3. The topological polar surface area (TPSA) is 126 Å². The normalized spacial score (nSPS) is 11.3. The third kappa shape index (κ3) is 2.09. The van der Waals surface area contributed by atoms with Crippen LogP contribution in [0.1, 0.15) is 28.5 Å². The number of aromatic nitrogens is 1. The molecule has 0 radical (unpaired) electrons. The summed E-state index contributed by atoms with van der Waals surface area (Å²) < 4.78 is 0. The zero-order valence-corrected chi connectivity index (χ0v) is 9.00. The maximum atomic E-state index is 11.5. The SMILES string of the molecule is C/C(=N\N)c1cc(C(=O)NN)c(=O)[nH]c1C. The maximum absolute atomic E-state index is 11.5. The van der Waals surface area contributed by atoms with Crippen LogP contribution in [-0.4, -0.2) is 16.6 Å². The summed E-state index contributed by atoms with van der Waals surface area (Å²) in [5.74, 6) is 9.44. The molecule has 16 heavy (non-hydrogen) atoms. The van der Waals surface area contributed by atoms with Gasteiger partial charge in [-0.05, 0) is 19.9 Å². The van der Waals surface area contributed by atoms with Gasteiger partial charge >= 0.3 is 0 Å². The molecule has 0 atom stereocenters. The molecule has 0 bridgehead atoms. The average molecular weight is 223 g/mol. The molecule has 0 saturated heterocycles. The van der Waals surface area contributed by atoms with Gasteiger partial charge in [-0.2, -0.15) is 5.10 Å². The summed E-state index contributed by atoms with van der Waals surface area (Å²) in [5, 5.41) is 3.51. The van der Waals surface area contributed by atoms with Crippen LogP contribution in [-0.2, 0) is 0 Å². The lowest BCUT2D eigenvalue weighted by Gasteiger charge is -2.06. The van der Waals surface area contributed by atoms with Gasteiger partial charge in [-0.15, -0.1) is 0 Å². The molecule has 1 rings (SSSR count). The Balaban J connectivity index is 3.44. The number of aryl methyl sites for hydroxylation is 1. The molecule has 1 aromatic heterocycles. The molecular formula is C9H13N5O2. The van der Waals surface area contributed by atoms with Crippen LogP contribution < -0.4 is 22.7 Å². The van der Waals surface area contributed by atoms with Crippen LogP contribution in [0.4, 0.5) is 0 Å². The lowest BCUT2D eigenvalue weighted by molar-refractivity contribution is 0.0952. The minimum Gasteiger partial charge on any atom is -0.325 e. The van der Waals surface area contributed by atoms with E-state index in [-0.39, 0.29) is 5.56 Å². The molecule has 0 aliphatic carbocycles. The highest BCUT2D eigenvalue weighted by molar-refractivity contribution is 6.02. The summed E-state index contributed by atoms with van der Waals surface area (Å²) in [6.45, 7) is 3.36. The van der Waals surface area contributed by atoms with Gasteiger partial charge in [0, 0.05) is 11.3 Å². The van der Waals surface area contributed by atoms with E-state index in [0.717, 1.165) is 0 Å². The van der Waals surface area contributed by atoms with Crippen molar-refractivity contribution in [3.05, 3.63) is 33.2 Å². The van der Waals surface area contributed by atoms with Gasteiger partial charge in [-0.3, -0.25) is 15.0 Å². The largest absolute Gasteiger partial charge is 0.325 e. The molecular weight excluding hydrogens is 210 g/mol. The molecule has 7 nitrogen and oxygen atoms in total. The van der Waals surface area contributed by atoms with Crippen molar-refractivity contribution in [3.63, 3.8) is 0 Å². The Bertz CT molecular complexity index is 503. The van der Waals surface area contributed by atoms with Gasteiger partial charge in [-0.25, -0.2) is 5.84 Å². The number of aromatic amines is 1. The summed E-state index contributed by atoms with van der Waals surface area (Å²) in [6.07, 6.45) is 0. The smallest absolute Gasteiger partial charge is 0.270 e. The number of hydrogen-bond acceptors (Lipinski definition) is 5. The predicted molar refractivity (Wildman–Crippen MR) is 59.9 cm³/mol. The van der Waals surface area contributed by atoms with E-state index in [2.05, 4.69) is 10.1 Å². The van der Waals surface area contributed by atoms with Gasteiger partial charge in [-0.1, -0.05) is 0 Å². The minimum atomic E-state index is -0.660. The molecule has 0 unspecified atom stereocenters. The van der Waals surface area contributed by atoms with Gasteiger partial charge in [0.1, 0.15) is 5.56 Å². The molecule has 0 spiro atoms. The highest BCUT2D eigenvalue weighted by atomic mass is 16.2. The summed E-state index contributed by atoms with van der Waals surface area (Å²) >= 11 is 0. The third-order valence-electron chi connectivity index (χ3n) is 2.20. The average Bonchev–Trinajstić information content (AvgIpc) is 2.27. The van der Waals surface area contributed by atoms with Crippen molar-refractivity contribution in [1.82, 2.24) is 10.4 Å². The number of nitrogens with two attached hydrogens (primary N) is 2. The second-order valence-corrected chi connectivity index (χ2v) is 3.24. The van der Waals surface area contributed by atoms with Gasteiger partial charge < -0.3 is 10.8 Å². The predicted octanol–water partition coefficient (Wildman–Crippen LogP) is -1.03. The second-order valence-electron chi connectivity index (χ2n) is 3.24. The Morgan fingerprint density at radius 2 is 2.12 bits per heavy atom. The molecule has 0 aromatic carbocycles. The first-order chi connectivity index (χ1) is 7.51. The van der Waals surface area contributed by atoms with E-state index >= 15 is 0 Å². The molecule has 6 N–H and O–H groups in total. The number of nitrogen functional groups attached to an aromatic ring is 1. The molecule has 7 heteroatoms. The third-order valence-corrected chi connectivity index (χ3v) is 2.20. The number of hydrazine groups is 1. The molecule has 86 valence electrons. The van der Waals surface area contributed by atoms with Crippen LogP contribution in [0.25, 0.3) is 0 Å². The van der Waals surface area contributed by atoms with E-state index in [9.17, 15) is 9.59 Å². The van der Waals surface area contributed by atoms with Crippen LogP contribution in [0, 0.1) is 6.92 Å². The van der Waals surface area contributed by atoms with Gasteiger partial charge in [0.15, 0.2) is 0 Å². The fourth-order valence-electron chi connectivity index (χ4n) is 1.31. The van der Waals surface area contributed by atoms with E-state index in [1.807, 2.05) is 5.43 Å². The van der Waals surface area contributed by atoms with Crippen molar-refractivity contribution in [2.75, 3.05) is 0 Å². The van der Waals surface area contributed by atoms with Crippen molar-refractivity contribution in [2.45, 2.75) is 13.8 Å². The standard InChI is InChI=1S/C9H13N5O2/c1-4-6(5(2)13-10)3-7(8(15)12-4)9(16)14-11/h3H,10-11H2,1-2H3,(H,12,15)(H,14,16)/b13-5+. The second kappa shape index (κ2) is 4.58. The van der Waals surface area contributed by atoms with Crippen molar-refractivity contribution in [3.8, 4) is 0 Å². The highest BCUT2D eigenvalue weighted by Gasteiger charge is 2.13. The lowest BCUT2D eigenvalue weighted by atomic mass is 10.1. The first-order valence-electron chi connectivity index (χ1n) is 4.51. The number of rotatable bonds is 2. The van der Waals surface area contributed by atoms with Crippen molar-refractivity contribution in [2.24, 2.45) is 16.8 Å².